The molecule has 6 heteroatoms. The number of methoxy groups -OCH3 is 1. The van der Waals surface area contributed by atoms with E-state index in [1.807, 2.05) is 31.2 Å². The average molecular weight is 371 g/mol. The normalized spacial score (nSPS) is 12.0. The number of halogens is 1. The van der Waals surface area contributed by atoms with Gasteiger partial charge >= 0.3 is 5.97 Å². The van der Waals surface area contributed by atoms with E-state index in [0.29, 0.717) is 16.3 Å². The van der Waals surface area contributed by atoms with Crippen molar-refractivity contribution in [1.29, 1.82) is 0 Å². The van der Waals surface area contributed by atoms with Crippen molar-refractivity contribution in [2.45, 2.75) is 19.4 Å². The molecule has 134 valence electrons. The number of hydrogen-bond donors (Lipinski definition) is 2. The number of esters is 1. The molecule has 0 radical (unpaired) electrons. The molecule has 1 amide bonds. The van der Waals surface area contributed by atoms with Gasteiger partial charge in [-0.05, 0) is 30.2 Å². The largest absolute Gasteiger partial charge is 0.469 e. The molecule has 5 nitrogen and oxygen atoms in total. The van der Waals surface area contributed by atoms with Crippen molar-refractivity contribution < 1.29 is 14.3 Å². The zero-order chi connectivity index (χ0) is 18.7. The number of aromatic nitrogens is 1. The second-order valence-electron chi connectivity index (χ2n) is 6.05. The predicted octanol–water partition coefficient (Wildman–Crippen LogP) is 4.16. The SMILES string of the molecule is COC(=O)CC(NC(=O)c1cc2cccc(C)c2[nH]1)c1ccccc1Cl. The number of amides is 1. The number of fused-ring (bicyclic) bond motifs is 1. The Kier molecular flexibility index (Phi) is 5.28. The predicted molar refractivity (Wildman–Crippen MR) is 101 cm³/mol. The van der Waals surface area contributed by atoms with E-state index >= 15 is 0 Å². The molecule has 0 bridgehead atoms. The lowest BCUT2D eigenvalue weighted by molar-refractivity contribution is -0.141. The summed E-state index contributed by atoms with van der Waals surface area (Å²) in [4.78, 5) is 27.7. The van der Waals surface area contributed by atoms with Gasteiger partial charge in [-0.3, -0.25) is 9.59 Å². The highest BCUT2D eigenvalue weighted by molar-refractivity contribution is 6.31. The van der Waals surface area contributed by atoms with Crippen molar-refractivity contribution in [3.63, 3.8) is 0 Å². The molecule has 3 rings (SSSR count). The number of carbonyl (C=O) groups excluding carboxylic acids is 2. The summed E-state index contributed by atoms with van der Waals surface area (Å²) in [6, 6.07) is 14.2. The van der Waals surface area contributed by atoms with E-state index in [0.717, 1.165) is 16.5 Å². The average Bonchev–Trinajstić information content (AvgIpc) is 3.07. The van der Waals surface area contributed by atoms with Crippen molar-refractivity contribution in [1.82, 2.24) is 10.3 Å². The van der Waals surface area contributed by atoms with Crippen LogP contribution in [0.15, 0.2) is 48.5 Å². The van der Waals surface area contributed by atoms with Crippen molar-refractivity contribution in [3.05, 3.63) is 70.4 Å². The van der Waals surface area contributed by atoms with Crippen molar-refractivity contribution >= 4 is 34.4 Å². The van der Waals surface area contributed by atoms with Gasteiger partial charge in [0.05, 0.1) is 19.6 Å². The highest BCUT2D eigenvalue weighted by Crippen LogP contribution is 2.26. The number of ether oxygens (including phenoxy) is 1. The maximum Gasteiger partial charge on any atom is 0.307 e. The summed E-state index contributed by atoms with van der Waals surface area (Å²) in [7, 11) is 1.31. The number of aromatic amines is 1. The molecule has 0 saturated carbocycles. The summed E-state index contributed by atoms with van der Waals surface area (Å²) in [5, 5.41) is 4.32. The van der Waals surface area contributed by atoms with Gasteiger partial charge in [-0.2, -0.15) is 0 Å². The van der Waals surface area contributed by atoms with E-state index in [9.17, 15) is 9.59 Å². The Labute approximate surface area is 156 Å². The third kappa shape index (κ3) is 3.73. The van der Waals surface area contributed by atoms with Crippen molar-refractivity contribution in [2.24, 2.45) is 0 Å². The number of H-pyrrole nitrogens is 1. The van der Waals surface area contributed by atoms with Crippen LogP contribution in [0.1, 0.15) is 34.1 Å². The molecule has 0 fully saturated rings. The minimum atomic E-state index is -0.587. The Morgan fingerprint density at radius 2 is 1.96 bits per heavy atom. The summed E-state index contributed by atoms with van der Waals surface area (Å²) < 4.78 is 4.75. The van der Waals surface area contributed by atoms with E-state index < -0.39 is 12.0 Å². The van der Waals surface area contributed by atoms with E-state index in [1.165, 1.54) is 7.11 Å². The van der Waals surface area contributed by atoms with Gasteiger partial charge in [-0.25, -0.2) is 0 Å². The molecule has 0 aliphatic heterocycles. The quantitative estimate of drug-likeness (QED) is 0.662. The second-order valence-corrected chi connectivity index (χ2v) is 6.46. The van der Waals surface area contributed by atoms with E-state index in [1.54, 1.807) is 24.3 Å². The van der Waals surface area contributed by atoms with Crippen molar-refractivity contribution in [2.75, 3.05) is 7.11 Å². The zero-order valence-electron chi connectivity index (χ0n) is 14.5. The first-order valence-electron chi connectivity index (χ1n) is 8.20. The molecule has 0 spiro atoms. The lowest BCUT2D eigenvalue weighted by Crippen LogP contribution is -2.31. The molecule has 1 aromatic heterocycles. The molecule has 3 aromatic rings. The number of nitrogens with one attached hydrogen (secondary N) is 2. The highest BCUT2D eigenvalue weighted by atomic mass is 35.5. The summed E-state index contributed by atoms with van der Waals surface area (Å²) in [5.74, 6) is -0.739. The van der Waals surface area contributed by atoms with Gasteiger partial charge in [0.25, 0.3) is 5.91 Å². The molecular formula is C20H19ClN2O3. The van der Waals surface area contributed by atoms with Crippen molar-refractivity contribution in [3.8, 4) is 0 Å². The van der Waals surface area contributed by atoms with Gasteiger partial charge in [-0.1, -0.05) is 48.0 Å². The molecule has 1 unspecified atom stereocenters. The van der Waals surface area contributed by atoms with E-state index in [-0.39, 0.29) is 12.3 Å². The molecule has 1 heterocycles. The molecule has 0 aliphatic rings. The van der Waals surface area contributed by atoms with Crippen LogP contribution in [0.2, 0.25) is 5.02 Å². The number of para-hydroxylation sites is 1. The van der Waals surface area contributed by atoms with Crippen LogP contribution in [0.25, 0.3) is 10.9 Å². The van der Waals surface area contributed by atoms with Gasteiger partial charge in [0.2, 0.25) is 0 Å². The summed E-state index contributed by atoms with van der Waals surface area (Å²) in [5.41, 5.74) is 3.06. The monoisotopic (exact) mass is 370 g/mol. The Morgan fingerprint density at radius 3 is 2.65 bits per heavy atom. The fourth-order valence-corrected chi connectivity index (χ4v) is 3.18. The zero-order valence-corrected chi connectivity index (χ0v) is 15.3. The fourth-order valence-electron chi connectivity index (χ4n) is 2.91. The molecule has 1 atom stereocenters. The van der Waals surface area contributed by atoms with Crippen LogP contribution in [0.5, 0.6) is 0 Å². The Balaban J connectivity index is 1.89. The topological polar surface area (TPSA) is 71.2 Å². The van der Waals surface area contributed by atoms with Gasteiger partial charge in [0.15, 0.2) is 0 Å². The van der Waals surface area contributed by atoms with Crippen LogP contribution in [0.3, 0.4) is 0 Å². The number of carbonyl (C=O) groups is 2. The summed E-state index contributed by atoms with van der Waals surface area (Å²) >= 11 is 6.25. The van der Waals surface area contributed by atoms with Crippen LogP contribution < -0.4 is 5.32 Å². The second kappa shape index (κ2) is 7.62. The smallest absolute Gasteiger partial charge is 0.307 e. The molecule has 2 N–H and O–H groups in total. The third-order valence-corrected chi connectivity index (χ3v) is 4.64. The van der Waals surface area contributed by atoms with Crippen LogP contribution in [0.4, 0.5) is 0 Å². The molecule has 0 aliphatic carbocycles. The number of rotatable bonds is 5. The molecule has 26 heavy (non-hydrogen) atoms. The van der Waals surface area contributed by atoms with Crippen LogP contribution in [0, 0.1) is 6.92 Å². The first-order chi connectivity index (χ1) is 12.5. The maximum absolute atomic E-state index is 12.8. The van der Waals surface area contributed by atoms with Crippen LogP contribution in [-0.4, -0.2) is 24.0 Å². The summed E-state index contributed by atoms with van der Waals surface area (Å²) in [6.07, 6.45) is -0.00870. The Bertz CT molecular complexity index is 965. The standard InChI is InChI=1S/C20H19ClN2O3/c1-12-6-5-7-13-10-17(22-19(12)13)20(25)23-16(11-18(24)26-2)14-8-3-4-9-15(14)21/h3-10,16,22H,11H2,1-2H3,(H,23,25). The minimum Gasteiger partial charge on any atom is -0.469 e. The van der Waals surface area contributed by atoms with Gasteiger partial charge in [-0.15, -0.1) is 0 Å². The van der Waals surface area contributed by atoms with E-state index in [4.69, 9.17) is 16.3 Å². The Morgan fingerprint density at radius 1 is 1.19 bits per heavy atom. The molecular weight excluding hydrogens is 352 g/mol. The number of aryl methyl sites for hydroxylation is 1. The van der Waals surface area contributed by atoms with Crippen LogP contribution >= 0.6 is 11.6 Å². The van der Waals surface area contributed by atoms with Crippen LogP contribution in [-0.2, 0) is 9.53 Å². The first-order valence-corrected chi connectivity index (χ1v) is 8.58. The first kappa shape index (κ1) is 18.0. The van der Waals surface area contributed by atoms with Gasteiger partial charge in [0, 0.05) is 15.9 Å². The minimum absolute atomic E-state index is 0.00870. The van der Waals surface area contributed by atoms with Gasteiger partial charge in [0.1, 0.15) is 5.69 Å². The number of hydrogen-bond acceptors (Lipinski definition) is 3. The Hall–Kier alpha value is -2.79. The van der Waals surface area contributed by atoms with E-state index in [2.05, 4.69) is 10.3 Å². The highest BCUT2D eigenvalue weighted by Gasteiger charge is 2.22. The molecule has 0 saturated heterocycles. The molecule has 2 aromatic carbocycles. The van der Waals surface area contributed by atoms with Gasteiger partial charge < -0.3 is 15.0 Å². The maximum atomic E-state index is 12.8. The lowest BCUT2D eigenvalue weighted by Gasteiger charge is -2.19. The summed E-state index contributed by atoms with van der Waals surface area (Å²) in [6.45, 7) is 1.98. The lowest BCUT2D eigenvalue weighted by atomic mass is 10.0. The fraction of sp³-hybridized carbons (Fsp3) is 0.200. The number of benzene rings is 2. The third-order valence-electron chi connectivity index (χ3n) is 4.29.